The van der Waals surface area contributed by atoms with Crippen LogP contribution in [0.1, 0.15) is 37.5 Å². The van der Waals surface area contributed by atoms with Crippen LogP contribution in [0, 0.1) is 0 Å². The van der Waals surface area contributed by atoms with Gasteiger partial charge in [-0.15, -0.1) is 11.8 Å². The summed E-state index contributed by atoms with van der Waals surface area (Å²) in [4.78, 5) is 13.7. The van der Waals surface area contributed by atoms with Crippen LogP contribution in [0.15, 0.2) is 58.3 Å². The van der Waals surface area contributed by atoms with Crippen molar-refractivity contribution in [2.45, 2.75) is 36.8 Å². The van der Waals surface area contributed by atoms with Crippen molar-refractivity contribution >= 4 is 52.0 Å². The number of amides is 1. The maximum atomic E-state index is 11.8. The number of carbonyl (C=O) groups excluding carboxylic acids is 1. The summed E-state index contributed by atoms with van der Waals surface area (Å²) in [5.41, 5.74) is 3.78. The van der Waals surface area contributed by atoms with Crippen LogP contribution in [0.25, 0.3) is 6.08 Å². The van der Waals surface area contributed by atoms with Gasteiger partial charge in [0, 0.05) is 10.6 Å². The molecule has 134 valence electrons. The minimum absolute atomic E-state index is 0.112. The van der Waals surface area contributed by atoms with Gasteiger partial charge in [-0.05, 0) is 40.3 Å². The maximum Gasteiger partial charge on any atom is 0.263 e. The molecular formula is C21H21NOS3. The Morgan fingerprint density at radius 2 is 1.88 bits per heavy atom. The summed E-state index contributed by atoms with van der Waals surface area (Å²) in [7, 11) is 0. The smallest absolute Gasteiger partial charge is 0.263 e. The van der Waals surface area contributed by atoms with Gasteiger partial charge in [-0.3, -0.25) is 4.79 Å². The molecule has 1 saturated heterocycles. The lowest BCUT2D eigenvalue weighted by atomic mass is 9.87. The normalized spacial score (nSPS) is 16.2. The van der Waals surface area contributed by atoms with E-state index >= 15 is 0 Å². The molecule has 1 amide bonds. The molecule has 5 heteroatoms. The highest BCUT2D eigenvalue weighted by Gasteiger charge is 2.21. The van der Waals surface area contributed by atoms with E-state index in [4.69, 9.17) is 12.2 Å². The average Bonchev–Trinajstić information content (AvgIpc) is 2.90. The molecule has 2 nitrogen and oxygen atoms in total. The molecule has 0 spiro atoms. The van der Waals surface area contributed by atoms with Crippen molar-refractivity contribution in [2.75, 3.05) is 0 Å². The van der Waals surface area contributed by atoms with Crippen molar-refractivity contribution in [3.63, 3.8) is 0 Å². The van der Waals surface area contributed by atoms with Crippen molar-refractivity contribution in [3.05, 3.63) is 70.1 Å². The van der Waals surface area contributed by atoms with E-state index in [0.29, 0.717) is 9.23 Å². The second-order valence-electron chi connectivity index (χ2n) is 7.16. The molecule has 0 unspecified atom stereocenters. The molecule has 26 heavy (non-hydrogen) atoms. The monoisotopic (exact) mass is 399 g/mol. The first kappa shape index (κ1) is 19.2. The SMILES string of the molecule is CC(C)(C)c1ccc(SCc2cccc(/C=C3\SC(=S)NC3=O)c2)cc1. The van der Waals surface area contributed by atoms with Crippen molar-refractivity contribution < 1.29 is 4.79 Å². The molecule has 0 atom stereocenters. The molecule has 1 N–H and O–H groups in total. The lowest BCUT2D eigenvalue weighted by Crippen LogP contribution is -2.17. The molecule has 0 bridgehead atoms. The van der Waals surface area contributed by atoms with Crippen LogP contribution in [0.4, 0.5) is 0 Å². The van der Waals surface area contributed by atoms with Gasteiger partial charge < -0.3 is 5.32 Å². The zero-order valence-electron chi connectivity index (χ0n) is 15.0. The van der Waals surface area contributed by atoms with E-state index in [-0.39, 0.29) is 11.3 Å². The first-order valence-electron chi connectivity index (χ1n) is 8.38. The predicted octanol–water partition coefficient (Wildman–Crippen LogP) is 5.77. The second-order valence-corrected chi connectivity index (χ2v) is 9.93. The van der Waals surface area contributed by atoms with E-state index in [1.54, 1.807) is 0 Å². The standard InChI is InChI=1S/C21H21NOS3/c1-21(2,3)16-7-9-17(10-8-16)25-13-15-6-4-5-14(11-15)12-18-19(23)22-20(24)26-18/h4-12H,13H2,1-3H3,(H,22,23,24)/b18-12-. The van der Waals surface area contributed by atoms with Crippen LogP contribution in [0.5, 0.6) is 0 Å². The fourth-order valence-corrected chi connectivity index (χ4v) is 4.45. The van der Waals surface area contributed by atoms with Crippen LogP contribution >= 0.6 is 35.7 Å². The number of carbonyl (C=O) groups is 1. The molecule has 0 radical (unpaired) electrons. The summed E-state index contributed by atoms with van der Waals surface area (Å²) >= 11 is 8.16. The molecule has 2 aromatic rings. The Hall–Kier alpha value is -1.56. The largest absolute Gasteiger partial charge is 0.307 e. The topological polar surface area (TPSA) is 29.1 Å². The molecule has 1 fully saturated rings. The number of rotatable bonds is 4. The first-order valence-corrected chi connectivity index (χ1v) is 10.6. The Balaban J connectivity index is 1.67. The Kier molecular flexibility index (Phi) is 5.90. The quantitative estimate of drug-likeness (QED) is 0.402. The number of thiocarbonyl (C=S) groups is 1. The van der Waals surface area contributed by atoms with Gasteiger partial charge in [-0.2, -0.15) is 0 Å². The Bertz CT molecular complexity index is 864. The summed E-state index contributed by atoms with van der Waals surface area (Å²) in [5.74, 6) is 0.780. The third-order valence-corrected chi connectivity index (χ3v) is 6.26. The van der Waals surface area contributed by atoms with E-state index < -0.39 is 0 Å². The highest BCUT2D eigenvalue weighted by Crippen LogP contribution is 2.29. The van der Waals surface area contributed by atoms with Crippen LogP contribution in [-0.4, -0.2) is 10.2 Å². The van der Waals surface area contributed by atoms with Gasteiger partial charge in [-0.25, -0.2) is 0 Å². The maximum absolute atomic E-state index is 11.8. The van der Waals surface area contributed by atoms with Crippen LogP contribution in [-0.2, 0) is 16.0 Å². The van der Waals surface area contributed by atoms with Gasteiger partial charge in [0.2, 0.25) is 0 Å². The van der Waals surface area contributed by atoms with Crippen molar-refractivity contribution in [2.24, 2.45) is 0 Å². The van der Waals surface area contributed by atoms with Crippen molar-refractivity contribution in [3.8, 4) is 0 Å². The van der Waals surface area contributed by atoms with E-state index in [9.17, 15) is 4.79 Å². The Morgan fingerprint density at radius 3 is 2.50 bits per heavy atom. The number of benzene rings is 2. The number of hydrogen-bond donors (Lipinski definition) is 1. The molecule has 1 heterocycles. The minimum Gasteiger partial charge on any atom is -0.307 e. The lowest BCUT2D eigenvalue weighted by molar-refractivity contribution is -0.115. The Morgan fingerprint density at radius 1 is 1.15 bits per heavy atom. The molecule has 2 aromatic carbocycles. The lowest BCUT2D eigenvalue weighted by Gasteiger charge is -2.19. The van der Waals surface area contributed by atoms with E-state index in [1.165, 1.54) is 27.8 Å². The van der Waals surface area contributed by atoms with Gasteiger partial charge in [0.15, 0.2) is 0 Å². The Labute approximate surface area is 168 Å². The summed E-state index contributed by atoms with van der Waals surface area (Å²) < 4.78 is 0.520. The predicted molar refractivity (Wildman–Crippen MR) is 117 cm³/mol. The third kappa shape index (κ3) is 5.00. The summed E-state index contributed by atoms with van der Waals surface area (Å²) in [6.07, 6.45) is 1.89. The van der Waals surface area contributed by atoms with E-state index in [1.807, 2.05) is 30.0 Å². The van der Waals surface area contributed by atoms with Gasteiger partial charge in [0.25, 0.3) is 5.91 Å². The molecule has 1 aliphatic rings. The average molecular weight is 400 g/mol. The van der Waals surface area contributed by atoms with Gasteiger partial charge in [0.1, 0.15) is 4.32 Å². The highest BCUT2D eigenvalue weighted by atomic mass is 32.2. The first-order chi connectivity index (χ1) is 12.3. The highest BCUT2D eigenvalue weighted by molar-refractivity contribution is 8.26. The van der Waals surface area contributed by atoms with Gasteiger partial charge in [0.05, 0.1) is 4.91 Å². The van der Waals surface area contributed by atoms with Crippen molar-refractivity contribution in [1.82, 2.24) is 5.32 Å². The molecule has 0 aliphatic carbocycles. The van der Waals surface area contributed by atoms with Gasteiger partial charge in [-0.1, -0.05) is 81.1 Å². The zero-order valence-corrected chi connectivity index (χ0v) is 17.5. The summed E-state index contributed by atoms with van der Waals surface area (Å²) in [5, 5.41) is 2.65. The van der Waals surface area contributed by atoms with E-state index in [0.717, 1.165) is 11.3 Å². The molecular weight excluding hydrogens is 378 g/mol. The molecule has 0 aromatic heterocycles. The second kappa shape index (κ2) is 7.99. The zero-order chi connectivity index (χ0) is 18.7. The summed E-state index contributed by atoms with van der Waals surface area (Å²) in [6, 6.07) is 17.1. The fraction of sp³-hybridized carbons (Fsp3) is 0.238. The van der Waals surface area contributed by atoms with Crippen LogP contribution in [0.2, 0.25) is 0 Å². The van der Waals surface area contributed by atoms with Crippen LogP contribution in [0.3, 0.4) is 0 Å². The van der Waals surface area contributed by atoms with Crippen molar-refractivity contribution in [1.29, 1.82) is 0 Å². The van der Waals surface area contributed by atoms with Crippen LogP contribution < -0.4 is 5.32 Å². The number of thioether (sulfide) groups is 2. The molecule has 0 saturated carbocycles. The fourth-order valence-electron chi connectivity index (χ4n) is 2.56. The summed E-state index contributed by atoms with van der Waals surface area (Å²) in [6.45, 7) is 6.68. The van der Waals surface area contributed by atoms with E-state index in [2.05, 4.69) is 62.5 Å². The minimum atomic E-state index is -0.112. The van der Waals surface area contributed by atoms with Gasteiger partial charge >= 0.3 is 0 Å². The molecule has 1 aliphatic heterocycles. The number of hydrogen-bond acceptors (Lipinski definition) is 4. The molecule has 3 rings (SSSR count). The number of nitrogens with one attached hydrogen (secondary N) is 1. The third-order valence-electron chi connectivity index (χ3n) is 4.02.